The summed E-state index contributed by atoms with van der Waals surface area (Å²) in [7, 11) is 0. The van der Waals surface area contributed by atoms with E-state index in [1.807, 2.05) is 6.92 Å². The quantitative estimate of drug-likeness (QED) is 0.433. The molecule has 1 aromatic carbocycles. The van der Waals surface area contributed by atoms with E-state index in [9.17, 15) is 10.2 Å². The highest BCUT2D eigenvalue weighted by Crippen LogP contribution is 2.22. The Labute approximate surface area is 109 Å². The maximum Gasteiger partial charge on any atom is 0.105 e. The summed E-state index contributed by atoms with van der Waals surface area (Å²) >= 11 is 0. The van der Waals surface area contributed by atoms with Gasteiger partial charge in [0.15, 0.2) is 0 Å². The molecule has 2 aromatic rings. The van der Waals surface area contributed by atoms with Crippen LogP contribution in [0.15, 0.2) is 23.3 Å². The predicted molar refractivity (Wildman–Crippen MR) is 70.4 cm³/mol. The van der Waals surface area contributed by atoms with Crippen LogP contribution in [0.3, 0.4) is 0 Å². The number of aliphatic hydroxyl groups is 2. The van der Waals surface area contributed by atoms with Crippen molar-refractivity contribution in [1.29, 1.82) is 0 Å². The minimum absolute atomic E-state index is 0.153. The third-order valence-electron chi connectivity index (χ3n) is 2.92. The Hall–Kier alpha value is -2.08. The van der Waals surface area contributed by atoms with Crippen LogP contribution in [0.5, 0.6) is 0 Å². The van der Waals surface area contributed by atoms with Gasteiger partial charge in [-0.05, 0) is 36.6 Å². The number of hydrogen-bond donors (Lipinski definition) is 3. The van der Waals surface area contributed by atoms with Crippen molar-refractivity contribution in [3.63, 3.8) is 0 Å². The summed E-state index contributed by atoms with van der Waals surface area (Å²) < 4.78 is 0. The van der Waals surface area contributed by atoms with E-state index in [1.165, 1.54) is 0 Å². The first kappa shape index (κ1) is 13.4. The number of aromatic nitrogens is 2. The lowest BCUT2D eigenvalue weighted by molar-refractivity contribution is 0.0151. The second-order valence-electron chi connectivity index (χ2n) is 4.35. The summed E-state index contributed by atoms with van der Waals surface area (Å²) in [6.07, 6.45) is -1.76. The molecule has 0 aliphatic rings. The molecule has 0 saturated heterocycles. The molecule has 2 unspecified atom stereocenters. The van der Waals surface area contributed by atoms with E-state index in [1.54, 1.807) is 18.2 Å². The third-order valence-corrected chi connectivity index (χ3v) is 2.92. The van der Waals surface area contributed by atoms with Gasteiger partial charge in [0.05, 0.1) is 17.1 Å². The van der Waals surface area contributed by atoms with Gasteiger partial charge >= 0.3 is 0 Å². The van der Waals surface area contributed by atoms with E-state index in [0.717, 1.165) is 16.9 Å². The molecule has 3 N–H and O–H groups in total. The fourth-order valence-electron chi connectivity index (χ4n) is 1.95. The lowest BCUT2D eigenvalue weighted by atomic mass is 10.0. The lowest BCUT2D eigenvalue weighted by Crippen LogP contribution is -2.19. The van der Waals surface area contributed by atoms with Gasteiger partial charge in [0.1, 0.15) is 11.9 Å². The van der Waals surface area contributed by atoms with Crippen molar-refractivity contribution in [3.8, 4) is 0 Å². The van der Waals surface area contributed by atoms with Gasteiger partial charge < -0.3 is 15.2 Å². The van der Waals surface area contributed by atoms with Gasteiger partial charge in [0, 0.05) is 11.5 Å². The van der Waals surface area contributed by atoms with Gasteiger partial charge in [-0.25, -0.2) is 4.98 Å². The zero-order valence-electron chi connectivity index (χ0n) is 10.5. The lowest BCUT2D eigenvalue weighted by Gasteiger charge is -2.17. The Morgan fingerprint density at radius 1 is 1.47 bits per heavy atom. The van der Waals surface area contributed by atoms with Crippen LogP contribution in [0.25, 0.3) is 21.5 Å². The Morgan fingerprint density at radius 3 is 3.00 bits per heavy atom. The number of nitrogens with zero attached hydrogens (tertiary/aromatic N) is 4. The number of azide groups is 1. The van der Waals surface area contributed by atoms with Crippen molar-refractivity contribution in [2.24, 2.45) is 5.11 Å². The highest BCUT2D eigenvalue weighted by molar-refractivity contribution is 5.75. The molecular weight excluding hydrogens is 246 g/mol. The number of imidazole rings is 1. The van der Waals surface area contributed by atoms with Crippen LogP contribution in [-0.4, -0.2) is 32.8 Å². The molecule has 0 amide bonds. The molecule has 0 bridgehead atoms. The molecule has 19 heavy (non-hydrogen) atoms. The van der Waals surface area contributed by atoms with Crippen molar-refractivity contribution in [2.45, 2.75) is 25.6 Å². The second kappa shape index (κ2) is 5.71. The SMILES string of the molecule is Cc1nc2ccc(C(O)C(O)CCN=[N+]=[N-])cc2[nH]1. The molecule has 2 rings (SSSR count). The number of aryl methyl sites for hydroxylation is 1. The van der Waals surface area contributed by atoms with Gasteiger partial charge in [-0.1, -0.05) is 11.2 Å². The Morgan fingerprint density at radius 2 is 2.26 bits per heavy atom. The smallest absolute Gasteiger partial charge is 0.105 e. The van der Waals surface area contributed by atoms with E-state index >= 15 is 0 Å². The number of hydrogen-bond acceptors (Lipinski definition) is 4. The number of fused-ring (bicyclic) bond motifs is 1. The standard InChI is InChI=1S/C12H15N5O2/c1-7-15-9-3-2-8(6-10(9)16-7)12(19)11(18)4-5-14-17-13/h2-3,6,11-12,18-19H,4-5H2,1H3,(H,15,16). The summed E-state index contributed by atoms with van der Waals surface area (Å²) in [6, 6.07) is 5.28. The highest BCUT2D eigenvalue weighted by atomic mass is 16.3. The van der Waals surface area contributed by atoms with E-state index in [-0.39, 0.29) is 13.0 Å². The van der Waals surface area contributed by atoms with Crippen molar-refractivity contribution < 1.29 is 10.2 Å². The molecule has 100 valence electrons. The molecule has 0 aliphatic carbocycles. The van der Waals surface area contributed by atoms with Gasteiger partial charge in [-0.15, -0.1) is 0 Å². The summed E-state index contributed by atoms with van der Waals surface area (Å²) in [4.78, 5) is 9.94. The van der Waals surface area contributed by atoms with Crippen molar-refractivity contribution in [3.05, 3.63) is 40.0 Å². The van der Waals surface area contributed by atoms with E-state index in [2.05, 4.69) is 20.0 Å². The zero-order chi connectivity index (χ0) is 13.8. The largest absolute Gasteiger partial charge is 0.390 e. The number of nitrogens with one attached hydrogen (secondary N) is 1. The van der Waals surface area contributed by atoms with Gasteiger partial charge in [-0.3, -0.25) is 0 Å². The fraction of sp³-hybridized carbons (Fsp3) is 0.417. The summed E-state index contributed by atoms with van der Waals surface area (Å²) in [5, 5.41) is 23.2. The molecule has 1 heterocycles. The number of H-pyrrole nitrogens is 1. The molecule has 0 aliphatic heterocycles. The average molecular weight is 261 g/mol. The monoisotopic (exact) mass is 261 g/mol. The number of benzene rings is 1. The van der Waals surface area contributed by atoms with Crippen LogP contribution in [0, 0.1) is 6.92 Å². The second-order valence-corrected chi connectivity index (χ2v) is 4.35. The molecular formula is C12H15N5O2. The topological polar surface area (TPSA) is 118 Å². The van der Waals surface area contributed by atoms with E-state index < -0.39 is 12.2 Å². The van der Waals surface area contributed by atoms with Gasteiger partial charge in [0.25, 0.3) is 0 Å². The Bertz CT molecular complexity index is 618. The number of rotatable bonds is 5. The molecule has 7 nitrogen and oxygen atoms in total. The first-order valence-electron chi connectivity index (χ1n) is 5.95. The van der Waals surface area contributed by atoms with Crippen molar-refractivity contribution >= 4 is 11.0 Å². The minimum atomic E-state index is -1.01. The highest BCUT2D eigenvalue weighted by Gasteiger charge is 2.18. The van der Waals surface area contributed by atoms with Crippen LogP contribution < -0.4 is 0 Å². The van der Waals surface area contributed by atoms with Crippen LogP contribution in [0.4, 0.5) is 0 Å². The molecule has 0 spiro atoms. The van der Waals surface area contributed by atoms with E-state index in [0.29, 0.717) is 5.56 Å². The molecule has 0 fully saturated rings. The van der Waals surface area contributed by atoms with Crippen LogP contribution in [0.1, 0.15) is 23.9 Å². The molecule has 7 heteroatoms. The van der Waals surface area contributed by atoms with Crippen LogP contribution in [0.2, 0.25) is 0 Å². The maximum absolute atomic E-state index is 10.0. The van der Waals surface area contributed by atoms with E-state index in [4.69, 9.17) is 5.53 Å². The first-order chi connectivity index (χ1) is 9.11. The average Bonchev–Trinajstić information content (AvgIpc) is 2.77. The summed E-state index contributed by atoms with van der Waals surface area (Å²) in [6.45, 7) is 2.00. The van der Waals surface area contributed by atoms with Crippen molar-refractivity contribution in [1.82, 2.24) is 9.97 Å². The minimum Gasteiger partial charge on any atom is -0.390 e. The summed E-state index contributed by atoms with van der Waals surface area (Å²) in [5.41, 5.74) is 10.4. The third kappa shape index (κ3) is 3.03. The normalized spacial score (nSPS) is 14.1. The van der Waals surface area contributed by atoms with Crippen LogP contribution >= 0.6 is 0 Å². The number of aliphatic hydroxyl groups excluding tert-OH is 2. The molecule has 1 aromatic heterocycles. The van der Waals surface area contributed by atoms with Gasteiger partial charge in [0.2, 0.25) is 0 Å². The molecule has 0 saturated carbocycles. The predicted octanol–water partition coefficient (Wildman–Crippen LogP) is 1.97. The maximum atomic E-state index is 10.0. The fourth-order valence-corrected chi connectivity index (χ4v) is 1.95. The van der Waals surface area contributed by atoms with Crippen LogP contribution in [-0.2, 0) is 0 Å². The van der Waals surface area contributed by atoms with Gasteiger partial charge in [-0.2, -0.15) is 0 Å². The molecule has 0 radical (unpaired) electrons. The zero-order valence-corrected chi connectivity index (χ0v) is 10.5. The molecule has 2 atom stereocenters. The Kier molecular flexibility index (Phi) is 4.01. The Balaban J connectivity index is 2.15. The van der Waals surface area contributed by atoms with Crippen molar-refractivity contribution in [2.75, 3.05) is 6.54 Å². The number of aromatic amines is 1. The first-order valence-corrected chi connectivity index (χ1v) is 5.95. The summed E-state index contributed by atoms with van der Waals surface area (Å²) in [5.74, 6) is 0.797.